The summed E-state index contributed by atoms with van der Waals surface area (Å²) in [5.41, 5.74) is 7.74. The summed E-state index contributed by atoms with van der Waals surface area (Å²) >= 11 is 7.59. The molecule has 0 amide bonds. The van der Waals surface area contributed by atoms with E-state index in [9.17, 15) is 0 Å². The number of anilines is 1. The molecule has 0 heterocycles. The standard InChI is InChI=1S/C14H14ClNOS/c1-17-12-3-2-4-13(8-12)18-9-10-5-6-11(15)7-14(10)16/h2-8H,9,16H2,1H3. The minimum atomic E-state index is 0.669. The van der Waals surface area contributed by atoms with Crippen LogP contribution in [0.5, 0.6) is 5.75 Å². The first-order valence-corrected chi connectivity index (χ1v) is 6.86. The molecule has 0 atom stereocenters. The van der Waals surface area contributed by atoms with E-state index in [2.05, 4.69) is 6.07 Å². The zero-order chi connectivity index (χ0) is 13.0. The van der Waals surface area contributed by atoms with E-state index in [1.54, 1.807) is 24.9 Å². The summed E-state index contributed by atoms with van der Waals surface area (Å²) in [6.07, 6.45) is 0. The monoisotopic (exact) mass is 279 g/mol. The van der Waals surface area contributed by atoms with E-state index in [1.165, 1.54) is 0 Å². The Hall–Kier alpha value is -1.32. The highest BCUT2D eigenvalue weighted by Crippen LogP contribution is 2.29. The quantitative estimate of drug-likeness (QED) is 0.672. The van der Waals surface area contributed by atoms with E-state index < -0.39 is 0 Å². The lowest BCUT2D eigenvalue weighted by molar-refractivity contribution is 0.413. The lowest BCUT2D eigenvalue weighted by Gasteiger charge is -2.07. The third kappa shape index (κ3) is 3.34. The van der Waals surface area contributed by atoms with Gasteiger partial charge in [-0.2, -0.15) is 0 Å². The molecule has 2 aromatic rings. The highest BCUT2D eigenvalue weighted by Gasteiger charge is 2.02. The number of nitrogens with two attached hydrogens (primary N) is 1. The molecular weight excluding hydrogens is 266 g/mol. The molecule has 0 bridgehead atoms. The van der Waals surface area contributed by atoms with E-state index in [-0.39, 0.29) is 0 Å². The maximum absolute atomic E-state index is 5.92. The Bertz CT molecular complexity index is 545. The Morgan fingerprint density at radius 3 is 2.78 bits per heavy atom. The number of ether oxygens (including phenoxy) is 1. The summed E-state index contributed by atoms with van der Waals surface area (Å²) in [5.74, 6) is 1.68. The molecule has 0 aliphatic heterocycles. The van der Waals surface area contributed by atoms with Gasteiger partial charge in [0.25, 0.3) is 0 Å². The molecular formula is C14H14ClNOS. The van der Waals surface area contributed by atoms with Gasteiger partial charge in [0.05, 0.1) is 7.11 Å². The minimum Gasteiger partial charge on any atom is -0.497 e. The van der Waals surface area contributed by atoms with E-state index >= 15 is 0 Å². The van der Waals surface area contributed by atoms with Crippen LogP contribution in [0.3, 0.4) is 0 Å². The molecule has 0 aliphatic carbocycles. The number of hydrogen-bond donors (Lipinski definition) is 1. The van der Waals surface area contributed by atoms with Crippen molar-refractivity contribution in [2.45, 2.75) is 10.6 Å². The highest BCUT2D eigenvalue weighted by molar-refractivity contribution is 7.98. The molecule has 0 unspecified atom stereocenters. The molecule has 2 rings (SSSR count). The third-order valence-electron chi connectivity index (χ3n) is 2.54. The average molecular weight is 280 g/mol. The summed E-state index contributed by atoms with van der Waals surface area (Å²) in [7, 11) is 1.67. The van der Waals surface area contributed by atoms with Gasteiger partial charge in [-0.05, 0) is 35.9 Å². The van der Waals surface area contributed by atoms with Gasteiger partial charge in [-0.25, -0.2) is 0 Å². The number of nitrogen functional groups attached to an aromatic ring is 1. The molecule has 0 radical (unpaired) electrons. The van der Waals surface area contributed by atoms with Gasteiger partial charge in [0, 0.05) is 21.4 Å². The second-order valence-corrected chi connectivity index (χ2v) is 5.30. The van der Waals surface area contributed by atoms with Crippen molar-refractivity contribution < 1.29 is 4.74 Å². The predicted molar refractivity (Wildman–Crippen MR) is 78.4 cm³/mol. The second-order valence-electron chi connectivity index (χ2n) is 3.81. The van der Waals surface area contributed by atoms with Crippen molar-refractivity contribution in [2.75, 3.05) is 12.8 Å². The molecule has 4 heteroatoms. The molecule has 0 aliphatic rings. The fourth-order valence-electron chi connectivity index (χ4n) is 1.55. The van der Waals surface area contributed by atoms with Gasteiger partial charge in [-0.3, -0.25) is 0 Å². The molecule has 0 saturated heterocycles. The maximum atomic E-state index is 5.92. The molecule has 0 fully saturated rings. The molecule has 0 saturated carbocycles. The van der Waals surface area contributed by atoms with Gasteiger partial charge in [0.15, 0.2) is 0 Å². The van der Waals surface area contributed by atoms with Crippen LogP contribution in [0.25, 0.3) is 0 Å². The Labute approximate surface area is 116 Å². The normalized spacial score (nSPS) is 10.3. The Morgan fingerprint density at radius 2 is 2.06 bits per heavy atom. The van der Waals surface area contributed by atoms with Crippen LogP contribution < -0.4 is 10.5 Å². The van der Waals surface area contributed by atoms with E-state index in [4.69, 9.17) is 22.1 Å². The smallest absolute Gasteiger partial charge is 0.119 e. The van der Waals surface area contributed by atoms with Crippen LogP contribution in [0, 0.1) is 0 Å². The number of thioether (sulfide) groups is 1. The lowest BCUT2D eigenvalue weighted by atomic mass is 10.2. The van der Waals surface area contributed by atoms with Crippen molar-refractivity contribution >= 4 is 29.1 Å². The highest BCUT2D eigenvalue weighted by atomic mass is 35.5. The zero-order valence-electron chi connectivity index (χ0n) is 10.0. The molecule has 2 aromatic carbocycles. The largest absolute Gasteiger partial charge is 0.497 e. The van der Waals surface area contributed by atoms with Crippen molar-refractivity contribution in [3.63, 3.8) is 0 Å². The molecule has 18 heavy (non-hydrogen) atoms. The van der Waals surface area contributed by atoms with E-state index in [0.29, 0.717) is 5.02 Å². The van der Waals surface area contributed by atoms with Crippen molar-refractivity contribution in [2.24, 2.45) is 0 Å². The van der Waals surface area contributed by atoms with Crippen molar-refractivity contribution in [1.82, 2.24) is 0 Å². The Morgan fingerprint density at radius 1 is 1.22 bits per heavy atom. The van der Waals surface area contributed by atoms with Gasteiger partial charge >= 0.3 is 0 Å². The van der Waals surface area contributed by atoms with E-state index in [1.807, 2.05) is 30.3 Å². The molecule has 2 nitrogen and oxygen atoms in total. The van der Waals surface area contributed by atoms with Gasteiger partial charge in [-0.15, -0.1) is 11.8 Å². The zero-order valence-corrected chi connectivity index (χ0v) is 11.6. The first kappa shape index (κ1) is 13.1. The summed E-state index contributed by atoms with van der Waals surface area (Å²) in [6.45, 7) is 0. The summed E-state index contributed by atoms with van der Waals surface area (Å²) in [6, 6.07) is 13.6. The first-order chi connectivity index (χ1) is 8.69. The summed E-state index contributed by atoms with van der Waals surface area (Å²) < 4.78 is 5.19. The number of hydrogen-bond acceptors (Lipinski definition) is 3. The van der Waals surface area contributed by atoms with Crippen LogP contribution in [0.1, 0.15) is 5.56 Å². The van der Waals surface area contributed by atoms with Crippen LogP contribution >= 0.6 is 23.4 Å². The number of benzene rings is 2. The first-order valence-electron chi connectivity index (χ1n) is 5.50. The summed E-state index contributed by atoms with van der Waals surface area (Å²) in [4.78, 5) is 1.16. The van der Waals surface area contributed by atoms with Crippen molar-refractivity contribution in [1.29, 1.82) is 0 Å². The van der Waals surface area contributed by atoms with Crippen LogP contribution in [0.2, 0.25) is 5.02 Å². The molecule has 2 N–H and O–H groups in total. The van der Waals surface area contributed by atoms with Gasteiger partial charge < -0.3 is 10.5 Å². The van der Waals surface area contributed by atoms with Crippen molar-refractivity contribution in [3.05, 3.63) is 53.1 Å². The van der Waals surface area contributed by atoms with Crippen molar-refractivity contribution in [3.8, 4) is 5.75 Å². The number of halogens is 1. The molecule has 0 spiro atoms. The third-order valence-corrected chi connectivity index (χ3v) is 3.82. The van der Waals surface area contributed by atoms with Crippen LogP contribution in [-0.2, 0) is 5.75 Å². The fourth-order valence-corrected chi connectivity index (χ4v) is 2.69. The Kier molecular flexibility index (Phi) is 4.39. The van der Waals surface area contributed by atoms with Crippen LogP contribution in [0.15, 0.2) is 47.4 Å². The second kappa shape index (κ2) is 6.03. The number of rotatable bonds is 4. The van der Waals surface area contributed by atoms with Gasteiger partial charge in [0.1, 0.15) is 5.75 Å². The lowest BCUT2D eigenvalue weighted by Crippen LogP contribution is -1.92. The van der Waals surface area contributed by atoms with Gasteiger partial charge in [0.2, 0.25) is 0 Å². The maximum Gasteiger partial charge on any atom is 0.119 e. The van der Waals surface area contributed by atoms with E-state index in [0.717, 1.165) is 27.6 Å². The minimum absolute atomic E-state index is 0.669. The predicted octanol–water partition coefficient (Wildman–Crippen LogP) is 4.22. The van der Waals surface area contributed by atoms with Crippen LogP contribution in [-0.4, -0.2) is 7.11 Å². The fraction of sp³-hybridized carbons (Fsp3) is 0.143. The molecule has 94 valence electrons. The Balaban J connectivity index is 2.06. The SMILES string of the molecule is COc1cccc(SCc2ccc(Cl)cc2N)c1. The van der Waals surface area contributed by atoms with Crippen LogP contribution in [0.4, 0.5) is 5.69 Å². The van der Waals surface area contributed by atoms with Gasteiger partial charge in [-0.1, -0.05) is 23.7 Å². The molecule has 0 aromatic heterocycles. The summed E-state index contributed by atoms with van der Waals surface area (Å²) in [5, 5.41) is 0.669. The average Bonchev–Trinajstić information content (AvgIpc) is 2.38. The number of methoxy groups -OCH3 is 1. The topological polar surface area (TPSA) is 35.2 Å².